The number of carbonyl (C=O) groups is 1. The van der Waals surface area contributed by atoms with Crippen LogP contribution in [0.4, 0.5) is 5.82 Å². The molecule has 1 unspecified atom stereocenters. The van der Waals surface area contributed by atoms with Crippen LogP contribution < -0.4 is 10.5 Å². The van der Waals surface area contributed by atoms with Gasteiger partial charge in [0, 0.05) is 35.8 Å². The van der Waals surface area contributed by atoms with E-state index in [0.717, 1.165) is 35.9 Å². The first-order valence-electron chi connectivity index (χ1n) is 9.51. The number of nitrogens with two attached hydrogens (primary N) is 1. The quantitative estimate of drug-likeness (QED) is 0.623. The highest BCUT2D eigenvalue weighted by Gasteiger charge is 2.30. The van der Waals surface area contributed by atoms with E-state index in [1.165, 1.54) is 0 Å². The third-order valence-corrected chi connectivity index (χ3v) is 5.29. The van der Waals surface area contributed by atoms with Crippen LogP contribution in [0.3, 0.4) is 0 Å². The summed E-state index contributed by atoms with van der Waals surface area (Å²) in [5.74, 6) is 0.898. The van der Waals surface area contributed by atoms with Crippen LogP contribution in [0, 0.1) is 5.92 Å². The van der Waals surface area contributed by atoms with Gasteiger partial charge in [-0.1, -0.05) is 6.42 Å². The summed E-state index contributed by atoms with van der Waals surface area (Å²) in [4.78, 5) is 19.8. The van der Waals surface area contributed by atoms with Gasteiger partial charge in [-0.15, -0.1) is 0 Å². The average molecular weight is 397 g/mol. The lowest BCUT2D eigenvalue weighted by molar-refractivity contribution is -0.139. The molecule has 4 rings (SSSR count). The first kappa shape index (κ1) is 19.1. The molecule has 3 heterocycles. The van der Waals surface area contributed by atoms with Crippen LogP contribution in [0.15, 0.2) is 30.7 Å². The zero-order valence-corrected chi connectivity index (χ0v) is 16.1. The van der Waals surface area contributed by atoms with Crippen LogP contribution in [0.25, 0.3) is 16.6 Å². The molecule has 0 aliphatic heterocycles. The van der Waals surface area contributed by atoms with Gasteiger partial charge in [-0.05, 0) is 24.8 Å². The number of rotatable bonds is 7. The molecule has 0 spiro atoms. The minimum atomic E-state index is -0.781. The van der Waals surface area contributed by atoms with E-state index in [1.54, 1.807) is 30.1 Å². The number of pyridine rings is 1. The summed E-state index contributed by atoms with van der Waals surface area (Å²) < 4.78 is 13.1. The molecular formula is C20H23N5O4. The molecule has 0 amide bonds. The Morgan fingerprint density at radius 2 is 2.14 bits per heavy atom. The monoisotopic (exact) mass is 397 g/mol. The zero-order chi connectivity index (χ0) is 20.4. The highest BCUT2D eigenvalue weighted by atomic mass is 16.5. The van der Waals surface area contributed by atoms with Gasteiger partial charge in [0.05, 0.1) is 19.6 Å². The standard InChI is InChI=1S/C20H23N5O4/c1-28-20-14(5-6-25-15(20)8-17(21)24-25)13-9-22-18(23-10-13)11-29-16-4-2-3-12(16)7-19(26)27/h5-6,8-10,12,16H,2-4,7,11H2,1H3,(H2,21,24)(H,26,27)/t12?,16-/m0/s1. The summed E-state index contributed by atoms with van der Waals surface area (Å²) in [6.45, 7) is 0.260. The molecule has 3 aromatic rings. The highest BCUT2D eigenvalue weighted by molar-refractivity contribution is 5.80. The van der Waals surface area contributed by atoms with Gasteiger partial charge in [0.25, 0.3) is 0 Å². The van der Waals surface area contributed by atoms with Crippen molar-refractivity contribution in [3.63, 3.8) is 0 Å². The van der Waals surface area contributed by atoms with Gasteiger partial charge in [0.2, 0.25) is 0 Å². The number of hydrogen-bond donors (Lipinski definition) is 2. The number of anilines is 1. The van der Waals surface area contributed by atoms with Crippen molar-refractivity contribution in [3.05, 3.63) is 36.5 Å². The van der Waals surface area contributed by atoms with Crippen molar-refractivity contribution in [1.29, 1.82) is 0 Å². The summed E-state index contributed by atoms with van der Waals surface area (Å²) in [6, 6.07) is 3.63. The van der Waals surface area contributed by atoms with E-state index in [2.05, 4.69) is 15.1 Å². The van der Waals surface area contributed by atoms with Crippen LogP contribution >= 0.6 is 0 Å². The number of methoxy groups -OCH3 is 1. The molecule has 9 heteroatoms. The number of carboxylic acid groups (broad SMARTS) is 1. The lowest BCUT2D eigenvalue weighted by Gasteiger charge is -2.18. The third kappa shape index (κ3) is 4.00. The van der Waals surface area contributed by atoms with Crippen molar-refractivity contribution >= 4 is 17.3 Å². The fourth-order valence-electron chi connectivity index (χ4n) is 3.93. The van der Waals surface area contributed by atoms with Gasteiger partial charge in [-0.25, -0.2) is 14.5 Å². The molecule has 1 saturated carbocycles. The molecule has 3 aromatic heterocycles. The molecule has 0 radical (unpaired) electrons. The maximum atomic E-state index is 11.0. The van der Waals surface area contributed by atoms with Gasteiger partial charge in [0.1, 0.15) is 17.9 Å². The topological polar surface area (TPSA) is 125 Å². The SMILES string of the molecule is COc1c(-c2cnc(CO[C@H]3CCCC3CC(=O)O)nc2)ccn2nc(N)cc12. The van der Waals surface area contributed by atoms with E-state index in [1.807, 2.05) is 12.3 Å². The molecule has 0 saturated heterocycles. The van der Waals surface area contributed by atoms with Gasteiger partial charge < -0.3 is 20.3 Å². The first-order valence-corrected chi connectivity index (χ1v) is 9.51. The molecular weight excluding hydrogens is 374 g/mol. The van der Waals surface area contributed by atoms with Crippen molar-refractivity contribution in [1.82, 2.24) is 19.6 Å². The fraction of sp³-hybridized carbons (Fsp3) is 0.400. The van der Waals surface area contributed by atoms with Crippen LogP contribution in [0.2, 0.25) is 0 Å². The number of nitrogen functional groups attached to an aromatic ring is 1. The average Bonchev–Trinajstić information content (AvgIpc) is 3.30. The van der Waals surface area contributed by atoms with Crippen LogP contribution in [-0.4, -0.2) is 43.9 Å². The van der Waals surface area contributed by atoms with Crippen LogP contribution in [0.1, 0.15) is 31.5 Å². The van der Waals surface area contributed by atoms with Crippen molar-refractivity contribution in [2.75, 3.05) is 12.8 Å². The Morgan fingerprint density at radius 1 is 1.34 bits per heavy atom. The van der Waals surface area contributed by atoms with E-state index in [9.17, 15) is 4.79 Å². The fourth-order valence-corrected chi connectivity index (χ4v) is 3.93. The number of aliphatic carboxylic acids is 1. The molecule has 152 valence electrons. The Hall–Kier alpha value is -3.20. The van der Waals surface area contributed by atoms with Crippen molar-refractivity contribution in [3.8, 4) is 16.9 Å². The number of ether oxygens (including phenoxy) is 2. The van der Waals surface area contributed by atoms with E-state index < -0.39 is 5.97 Å². The number of nitrogens with zero attached hydrogens (tertiary/aromatic N) is 4. The minimum absolute atomic E-state index is 0.0517. The number of aromatic nitrogens is 4. The van der Waals surface area contributed by atoms with Crippen molar-refractivity contribution in [2.45, 2.75) is 38.4 Å². The molecule has 0 bridgehead atoms. The minimum Gasteiger partial charge on any atom is -0.494 e. The molecule has 9 nitrogen and oxygen atoms in total. The second kappa shape index (κ2) is 8.04. The molecule has 3 N–H and O–H groups in total. The predicted molar refractivity (Wildman–Crippen MR) is 105 cm³/mol. The van der Waals surface area contributed by atoms with Gasteiger partial charge in [-0.2, -0.15) is 5.10 Å². The number of fused-ring (bicyclic) bond motifs is 1. The lowest BCUT2D eigenvalue weighted by Crippen LogP contribution is -2.21. The Labute approximate surface area is 167 Å². The van der Waals surface area contributed by atoms with Crippen LogP contribution in [-0.2, 0) is 16.1 Å². The van der Waals surface area contributed by atoms with E-state index in [-0.39, 0.29) is 25.0 Å². The molecule has 29 heavy (non-hydrogen) atoms. The maximum Gasteiger partial charge on any atom is 0.303 e. The van der Waals surface area contributed by atoms with E-state index in [0.29, 0.717) is 17.4 Å². The summed E-state index contributed by atoms with van der Waals surface area (Å²) in [5.41, 5.74) is 8.19. The summed E-state index contributed by atoms with van der Waals surface area (Å²) in [7, 11) is 1.60. The van der Waals surface area contributed by atoms with Gasteiger partial charge >= 0.3 is 5.97 Å². The number of hydrogen-bond acceptors (Lipinski definition) is 7. The van der Waals surface area contributed by atoms with E-state index >= 15 is 0 Å². The maximum absolute atomic E-state index is 11.0. The van der Waals surface area contributed by atoms with Gasteiger partial charge in [-0.3, -0.25) is 4.79 Å². The van der Waals surface area contributed by atoms with Crippen molar-refractivity contribution in [2.24, 2.45) is 5.92 Å². The Bertz CT molecular complexity index is 1020. The number of carboxylic acids is 1. The smallest absolute Gasteiger partial charge is 0.303 e. The second-order valence-corrected chi connectivity index (χ2v) is 7.19. The normalized spacial score (nSPS) is 18.9. The Morgan fingerprint density at radius 3 is 2.86 bits per heavy atom. The highest BCUT2D eigenvalue weighted by Crippen LogP contribution is 2.34. The van der Waals surface area contributed by atoms with Crippen molar-refractivity contribution < 1.29 is 19.4 Å². The lowest BCUT2D eigenvalue weighted by atomic mass is 10.0. The molecule has 2 atom stereocenters. The largest absolute Gasteiger partial charge is 0.494 e. The molecule has 0 aromatic carbocycles. The molecule has 1 aliphatic rings. The summed E-state index contributed by atoms with van der Waals surface area (Å²) in [6.07, 6.45) is 8.11. The van der Waals surface area contributed by atoms with Gasteiger partial charge in [0.15, 0.2) is 11.6 Å². The Balaban J connectivity index is 1.48. The second-order valence-electron chi connectivity index (χ2n) is 7.19. The predicted octanol–water partition coefficient (Wildman–Crippen LogP) is 2.54. The molecule has 1 fully saturated rings. The zero-order valence-electron chi connectivity index (χ0n) is 16.1. The van der Waals surface area contributed by atoms with Crippen LogP contribution in [0.5, 0.6) is 5.75 Å². The molecule has 1 aliphatic carbocycles. The third-order valence-electron chi connectivity index (χ3n) is 5.29. The summed E-state index contributed by atoms with van der Waals surface area (Å²) >= 11 is 0. The van der Waals surface area contributed by atoms with E-state index in [4.69, 9.17) is 20.3 Å². The first-order chi connectivity index (χ1) is 14.0. The summed E-state index contributed by atoms with van der Waals surface area (Å²) in [5, 5.41) is 13.2. The Kier molecular flexibility index (Phi) is 5.30.